The van der Waals surface area contributed by atoms with E-state index in [0.717, 1.165) is 11.4 Å². The highest BCUT2D eigenvalue weighted by molar-refractivity contribution is 5.92. The van der Waals surface area contributed by atoms with Crippen molar-refractivity contribution < 1.29 is 4.79 Å². The number of hydrogen-bond acceptors (Lipinski definition) is 3. The van der Waals surface area contributed by atoms with E-state index < -0.39 is 0 Å². The summed E-state index contributed by atoms with van der Waals surface area (Å²) in [6.07, 6.45) is 2.36. The number of anilines is 1. The number of carbonyl (C=O) groups excluding carboxylic acids is 1. The highest BCUT2D eigenvalue weighted by Gasteiger charge is 2.28. The molecule has 1 atom stereocenters. The van der Waals surface area contributed by atoms with Gasteiger partial charge in [-0.05, 0) is 25.0 Å². The molecule has 118 valence electrons. The Balaban J connectivity index is 0.00000176. The molecule has 6 heteroatoms. The van der Waals surface area contributed by atoms with Gasteiger partial charge in [0.1, 0.15) is 5.82 Å². The SMILES string of the molecule is CC(CN)C(=O)Nc1cc(C2CC2)nn1-c1ccccc1.Cl. The Morgan fingerprint density at radius 3 is 2.68 bits per heavy atom. The molecule has 1 aromatic carbocycles. The molecule has 1 heterocycles. The van der Waals surface area contributed by atoms with Gasteiger partial charge in [0.05, 0.1) is 11.4 Å². The predicted molar refractivity (Wildman–Crippen MR) is 89.6 cm³/mol. The second kappa shape index (κ2) is 6.94. The molecule has 22 heavy (non-hydrogen) atoms. The van der Waals surface area contributed by atoms with Gasteiger partial charge >= 0.3 is 0 Å². The number of para-hydroxylation sites is 1. The lowest BCUT2D eigenvalue weighted by Crippen LogP contribution is -2.27. The molecule has 1 saturated carbocycles. The van der Waals surface area contributed by atoms with Crippen LogP contribution in [-0.4, -0.2) is 22.2 Å². The highest BCUT2D eigenvalue weighted by atomic mass is 35.5. The fourth-order valence-electron chi connectivity index (χ4n) is 2.19. The van der Waals surface area contributed by atoms with Crippen LogP contribution in [0.1, 0.15) is 31.4 Å². The number of rotatable bonds is 5. The van der Waals surface area contributed by atoms with Crippen molar-refractivity contribution in [2.45, 2.75) is 25.7 Å². The van der Waals surface area contributed by atoms with Crippen LogP contribution in [0.3, 0.4) is 0 Å². The quantitative estimate of drug-likeness (QED) is 0.889. The third kappa shape index (κ3) is 3.48. The number of amides is 1. The predicted octanol–water partition coefficient (Wildman–Crippen LogP) is 2.70. The maximum Gasteiger partial charge on any atom is 0.229 e. The van der Waals surface area contributed by atoms with Gasteiger partial charge in [-0.3, -0.25) is 4.79 Å². The fraction of sp³-hybridized carbons (Fsp3) is 0.375. The molecule has 0 radical (unpaired) electrons. The lowest BCUT2D eigenvalue weighted by Gasteiger charge is -2.11. The first-order valence-electron chi connectivity index (χ1n) is 7.35. The van der Waals surface area contributed by atoms with Crippen molar-refractivity contribution in [2.24, 2.45) is 11.7 Å². The number of nitrogens with one attached hydrogen (secondary N) is 1. The molecule has 0 saturated heterocycles. The third-order valence-electron chi connectivity index (χ3n) is 3.78. The number of benzene rings is 1. The minimum Gasteiger partial charge on any atom is -0.330 e. The van der Waals surface area contributed by atoms with Crippen LogP contribution in [-0.2, 0) is 4.79 Å². The van der Waals surface area contributed by atoms with Crippen LogP contribution in [0.15, 0.2) is 36.4 Å². The smallest absolute Gasteiger partial charge is 0.229 e. The van der Waals surface area contributed by atoms with Crippen molar-refractivity contribution in [3.63, 3.8) is 0 Å². The van der Waals surface area contributed by atoms with Gasteiger partial charge in [0.25, 0.3) is 0 Å². The molecule has 1 fully saturated rings. The standard InChI is InChI=1S/C16H20N4O.ClH/c1-11(10-17)16(21)18-15-9-14(12-7-8-12)19-20(15)13-5-3-2-4-6-13;/h2-6,9,11-12H,7-8,10,17H2,1H3,(H,18,21);1H. The molecular weight excluding hydrogens is 300 g/mol. The van der Waals surface area contributed by atoms with Gasteiger partial charge < -0.3 is 11.1 Å². The molecule has 1 aromatic heterocycles. The van der Waals surface area contributed by atoms with Gasteiger partial charge in [-0.15, -0.1) is 12.4 Å². The van der Waals surface area contributed by atoms with Gasteiger partial charge in [0.15, 0.2) is 0 Å². The van der Waals surface area contributed by atoms with Gasteiger partial charge in [-0.2, -0.15) is 5.10 Å². The first-order valence-corrected chi connectivity index (χ1v) is 7.35. The third-order valence-corrected chi connectivity index (χ3v) is 3.78. The lowest BCUT2D eigenvalue weighted by atomic mass is 10.2. The Hall–Kier alpha value is -1.85. The fourth-order valence-corrected chi connectivity index (χ4v) is 2.19. The monoisotopic (exact) mass is 320 g/mol. The van der Waals surface area contributed by atoms with Crippen molar-refractivity contribution in [1.29, 1.82) is 0 Å². The minimum atomic E-state index is -0.214. The molecule has 1 aliphatic rings. The van der Waals surface area contributed by atoms with Crippen LogP contribution in [0, 0.1) is 5.92 Å². The highest BCUT2D eigenvalue weighted by Crippen LogP contribution is 2.40. The Kier molecular flexibility index (Phi) is 5.21. The van der Waals surface area contributed by atoms with Gasteiger partial charge in [-0.1, -0.05) is 25.1 Å². The van der Waals surface area contributed by atoms with Crippen LogP contribution in [0.25, 0.3) is 5.69 Å². The molecule has 1 unspecified atom stereocenters. The Labute approximate surface area is 136 Å². The number of aromatic nitrogens is 2. The van der Waals surface area contributed by atoms with Crippen LogP contribution in [0.2, 0.25) is 0 Å². The second-order valence-corrected chi connectivity index (χ2v) is 5.60. The molecule has 5 nitrogen and oxygen atoms in total. The zero-order chi connectivity index (χ0) is 14.8. The van der Waals surface area contributed by atoms with Crippen LogP contribution in [0.4, 0.5) is 5.82 Å². The zero-order valence-corrected chi connectivity index (χ0v) is 13.3. The topological polar surface area (TPSA) is 72.9 Å². The van der Waals surface area contributed by atoms with E-state index in [9.17, 15) is 4.79 Å². The number of carbonyl (C=O) groups is 1. The molecule has 1 aliphatic carbocycles. The van der Waals surface area contributed by atoms with Crippen molar-refractivity contribution in [3.05, 3.63) is 42.1 Å². The lowest BCUT2D eigenvalue weighted by molar-refractivity contribution is -0.119. The van der Waals surface area contributed by atoms with Crippen LogP contribution in [0.5, 0.6) is 0 Å². The van der Waals surface area contributed by atoms with Crippen molar-refractivity contribution >= 4 is 24.1 Å². The molecule has 3 rings (SSSR count). The summed E-state index contributed by atoms with van der Waals surface area (Å²) < 4.78 is 1.80. The molecule has 1 amide bonds. The molecule has 2 aromatic rings. The summed E-state index contributed by atoms with van der Waals surface area (Å²) in [5.74, 6) is 0.969. The second-order valence-electron chi connectivity index (χ2n) is 5.60. The summed E-state index contributed by atoms with van der Waals surface area (Å²) in [5, 5.41) is 7.60. The van der Waals surface area contributed by atoms with Crippen molar-refractivity contribution in [2.75, 3.05) is 11.9 Å². The van der Waals surface area contributed by atoms with E-state index in [2.05, 4.69) is 10.4 Å². The molecule has 0 spiro atoms. The summed E-state index contributed by atoms with van der Waals surface area (Å²) in [4.78, 5) is 12.1. The van der Waals surface area contributed by atoms with Crippen molar-refractivity contribution in [3.8, 4) is 5.69 Å². The number of nitrogens with zero attached hydrogens (tertiary/aromatic N) is 2. The normalized spacial score (nSPS) is 15.0. The first-order chi connectivity index (χ1) is 10.2. The summed E-state index contributed by atoms with van der Waals surface area (Å²) in [5.41, 5.74) is 7.55. The van der Waals surface area contributed by atoms with E-state index in [4.69, 9.17) is 5.73 Å². The minimum absolute atomic E-state index is 0. The number of hydrogen-bond donors (Lipinski definition) is 2. The first kappa shape index (κ1) is 16.5. The molecule has 3 N–H and O–H groups in total. The number of halogens is 1. The molecule has 0 aliphatic heterocycles. The Morgan fingerprint density at radius 1 is 1.41 bits per heavy atom. The van der Waals surface area contributed by atoms with Crippen LogP contribution >= 0.6 is 12.4 Å². The Morgan fingerprint density at radius 2 is 2.09 bits per heavy atom. The van der Waals surface area contributed by atoms with Crippen LogP contribution < -0.4 is 11.1 Å². The van der Waals surface area contributed by atoms with E-state index in [1.807, 2.05) is 43.3 Å². The van der Waals surface area contributed by atoms with E-state index in [1.165, 1.54) is 12.8 Å². The summed E-state index contributed by atoms with van der Waals surface area (Å²) in [7, 11) is 0. The van der Waals surface area contributed by atoms with E-state index in [1.54, 1.807) is 4.68 Å². The average molecular weight is 321 g/mol. The zero-order valence-electron chi connectivity index (χ0n) is 12.5. The van der Waals surface area contributed by atoms with E-state index >= 15 is 0 Å². The summed E-state index contributed by atoms with van der Waals surface area (Å²) in [6.45, 7) is 2.15. The van der Waals surface area contributed by atoms with E-state index in [0.29, 0.717) is 18.3 Å². The largest absolute Gasteiger partial charge is 0.330 e. The van der Waals surface area contributed by atoms with Gasteiger partial charge in [0, 0.05) is 24.4 Å². The van der Waals surface area contributed by atoms with Gasteiger partial charge in [0.2, 0.25) is 5.91 Å². The maximum atomic E-state index is 12.1. The Bertz CT molecular complexity index is 637. The summed E-state index contributed by atoms with van der Waals surface area (Å²) in [6, 6.07) is 11.8. The molecule has 0 bridgehead atoms. The number of nitrogens with two attached hydrogens (primary N) is 1. The maximum absolute atomic E-state index is 12.1. The van der Waals surface area contributed by atoms with Gasteiger partial charge in [-0.25, -0.2) is 4.68 Å². The summed E-state index contributed by atoms with van der Waals surface area (Å²) >= 11 is 0. The van der Waals surface area contributed by atoms with Crippen molar-refractivity contribution in [1.82, 2.24) is 9.78 Å². The van der Waals surface area contributed by atoms with E-state index in [-0.39, 0.29) is 24.2 Å². The molecular formula is C16H21ClN4O. The average Bonchev–Trinajstić information content (AvgIpc) is 3.29.